The van der Waals surface area contributed by atoms with Crippen LogP contribution in [0.2, 0.25) is 0 Å². The lowest BCUT2D eigenvalue weighted by atomic mass is 10.3. The van der Waals surface area contributed by atoms with Gasteiger partial charge in [0.15, 0.2) is 5.82 Å². The third-order valence-corrected chi connectivity index (χ3v) is 4.03. The van der Waals surface area contributed by atoms with E-state index in [9.17, 15) is 9.59 Å². The Labute approximate surface area is 151 Å². The Hall–Kier alpha value is -3.23. The lowest BCUT2D eigenvalue weighted by Gasteiger charge is -2.34. The minimum Gasteiger partial charge on any atom is -0.352 e. The number of aromatic nitrogens is 3. The second-order valence-corrected chi connectivity index (χ2v) is 6.02. The minimum absolute atomic E-state index is 0.0897. The molecule has 3 rings (SSSR count). The Morgan fingerprint density at radius 1 is 1.08 bits per heavy atom. The van der Waals surface area contributed by atoms with Crippen LogP contribution in [0.25, 0.3) is 0 Å². The first-order chi connectivity index (χ1) is 12.5. The van der Waals surface area contributed by atoms with Crippen LogP contribution < -0.4 is 15.5 Å². The maximum absolute atomic E-state index is 11.4. The van der Waals surface area contributed by atoms with Crippen molar-refractivity contribution in [2.24, 2.45) is 0 Å². The molecule has 26 heavy (non-hydrogen) atoms. The van der Waals surface area contributed by atoms with Crippen molar-refractivity contribution in [3.05, 3.63) is 30.5 Å². The normalized spacial score (nSPS) is 14.1. The molecule has 1 saturated heterocycles. The summed E-state index contributed by atoms with van der Waals surface area (Å²) in [5.41, 5.74) is 1.43. The highest BCUT2D eigenvalue weighted by Gasteiger charge is 2.20. The minimum atomic E-state index is -0.133. The molecule has 2 heterocycles. The molecule has 2 N–H and O–H groups in total. The molecule has 0 aliphatic carbocycles. The first kappa shape index (κ1) is 17.6. The van der Waals surface area contributed by atoms with Crippen molar-refractivity contribution in [1.82, 2.24) is 20.1 Å². The Kier molecular flexibility index (Phi) is 5.26. The number of rotatable bonds is 4. The van der Waals surface area contributed by atoms with E-state index in [-0.39, 0.29) is 11.8 Å². The van der Waals surface area contributed by atoms with Crippen LogP contribution in [-0.2, 0) is 9.59 Å². The van der Waals surface area contributed by atoms with Crippen molar-refractivity contribution >= 4 is 35.0 Å². The van der Waals surface area contributed by atoms with Crippen molar-refractivity contribution in [3.8, 4) is 0 Å². The molecule has 0 bridgehead atoms. The van der Waals surface area contributed by atoms with E-state index in [1.165, 1.54) is 6.92 Å². The molecule has 136 valence electrons. The fourth-order valence-electron chi connectivity index (χ4n) is 2.76. The van der Waals surface area contributed by atoms with Crippen molar-refractivity contribution in [2.75, 3.05) is 41.7 Å². The van der Waals surface area contributed by atoms with Gasteiger partial charge in [-0.25, -0.2) is 0 Å². The molecule has 1 fully saturated rings. The standard InChI is InChI=1S/C17H21N7O2/c1-12(25)19-14-4-3-5-15(10-14)20-17-21-16(11-18-22-17)24-8-6-23(7-9-24)13(2)26/h3-5,10-11H,6-9H2,1-2H3,(H,19,25)(H,20,21,22). The zero-order chi connectivity index (χ0) is 18.5. The molecule has 1 aromatic carbocycles. The number of benzene rings is 1. The monoisotopic (exact) mass is 355 g/mol. The van der Waals surface area contributed by atoms with Crippen molar-refractivity contribution < 1.29 is 9.59 Å². The van der Waals surface area contributed by atoms with Crippen molar-refractivity contribution in [3.63, 3.8) is 0 Å². The topological polar surface area (TPSA) is 103 Å². The molecule has 0 unspecified atom stereocenters. The van der Waals surface area contributed by atoms with Crippen LogP contribution in [0.4, 0.5) is 23.1 Å². The number of carbonyl (C=O) groups is 2. The number of nitrogens with zero attached hydrogens (tertiary/aromatic N) is 5. The number of hydrogen-bond donors (Lipinski definition) is 2. The van der Waals surface area contributed by atoms with Crippen LogP contribution in [0.15, 0.2) is 30.5 Å². The molecule has 0 radical (unpaired) electrons. The molecule has 9 heteroatoms. The van der Waals surface area contributed by atoms with Gasteiger partial charge in [0, 0.05) is 51.4 Å². The van der Waals surface area contributed by atoms with Gasteiger partial charge in [0.25, 0.3) is 0 Å². The summed E-state index contributed by atoms with van der Waals surface area (Å²) < 4.78 is 0. The van der Waals surface area contributed by atoms with E-state index in [1.807, 2.05) is 17.0 Å². The van der Waals surface area contributed by atoms with Crippen LogP contribution in [0.1, 0.15) is 13.8 Å². The highest BCUT2D eigenvalue weighted by Crippen LogP contribution is 2.19. The lowest BCUT2D eigenvalue weighted by Crippen LogP contribution is -2.48. The van der Waals surface area contributed by atoms with Gasteiger partial charge in [-0.05, 0) is 18.2 Å². The van der Waals surface area contributed by atoms with Crippen LogP contribution >= 0.6 is 0 Å². The van der Waals surface area contributed by atoms with E-state index in [1.54, 1.807) is 25.3 Å². The maximum Gasteiger partial charge on any atom is 0.249 e. The quantitative estimate of drug-likeness (QED) is 0.850. The Morgan fingerprint density at radius 3 is 2.50 bits per heavy atom. The van der Waals surface area contributed by atoms with Gasteiger partial charge in [0.05, 0.1) is 6.20 Å². The zero-order valence-electron chi connectivity index (χ0n) is 14.8. The van der Waals surface area contributed by atoms with Gasteiger partial charge in [-0.15, -0.1) is 5.10 Å². The summed E-state index contributed by atoms with van der Waals surface area (Å²) in [4.78, 5) is 31.0. The first-order valence-electron chi connectivity index (χ1n) is 8.36. The number of piperazine rings is 1. The average molecular weight is 355 g/mol. The van der Waals surface area contributed by atoms with Gasteiger partial charge < -0.3 is 20.4 Å². The summed E-state index contributed by atoms with van der Waals surface area (Å²) in [6, 6.07) is 7.28. The molecule has 0 spiro atoms. The highest BCUT2D eigenvalue weighted by molar-refractivity contribution is 5.89. The Morgan fingerprint density at radius 2 is 1.81 bits per heavy atom. The predicted octanol–water partition coefficient (Wildman–Crippen LogP) is 1.24. The van der Waals surface area contributed by atoms with Gasteiger partial charge in [-0.3, -0.25) is 9.59 Å². The fourth-order valence-corrected chi connectivity index (χ4v) is 2.76. The summed E-state index contributed by atoms with van der Waals surface area (Å²) in [7, 11) is 0. The van der Waals surface area contributed by atoms with E-state index < -0.39 is 0 Å². The number of anilines is 4. The van der Waals surface area contributed by atoms with Crippen molar-refractivity contribution in [2.45, 2.75) is 13.8 Å². The smallest absolute Gasteiger partial charge is 0.249 e. The molecular weight excluding hydrogens is 334 g/mol. The van der Waals surface area contributed by atoms with Crippen molar-refractivity contribution in [1.29, 1.82) is 0 Å². The number of nitrogens with one attached hydrogen (secondary N) is 2. The lowest BCUT2D eigenvalue weighted by molar-refractivity contribution is -0.129. The average Bonchev–Trinajstić information content (AvgIpc) is 2.62. The number of amides is 2. The summed E-state index contributed by atoms with van der Waals surface area (Å²) in [6.45, 7) is 5.79. The van der Waals surface area contributed by atoms with Crippen LogP contribution in [0.3, 0.4) is 0 Å². The molecule has 1 aromatic heterocycles. The molecule has 1 aliphatic heterocycles. The van der Waals surface area contributed by atoms with E-state index in [0.717, 1.165) is 5.69 Å². The second kappa shape index (κ2) is 7.77. The van der Waals surface area contributed by atoms with Gasteiger partial charge in [0.2, 0.25) is 17.8 Å². The largest absolute Gasteiger partial charge is 0.352 e. The highest BCUT2D eigenvalue weighted by atomic mass is 16.2. The Bertz CT molecular complexity index is 803. The van der Waals surface area contributed by atoms with Crippen LogP contribution in [0, 0.1) is 0 Å². The second-order valence-electron chi connectivity index (χ2n) is 6.02. The van der Waals surface area contributed by atoms with E-state index in [4.69, 9.17) is 0 Å². The van der Waals surface area contributed by atoms with E-state index in [0.29, 0.717) is 43.6 Å². The Balaban J connectivity index is 1.68. The molecule has 1 aliphatic rings. The molecule has 0 atom stereocenters. The number of hydrogen-bond acceptors (Lipinski definition) is 7. The summed E-state index contributed by atoms with van der Waals surface area (Å²) >= 11 is 0. The summed E-state index contributed by atoms with van der Waals surface area (Å²) in [6.07, 6.45) is 1.61. The third-order valence-electron chi connectivity index (χ3n) is 4.03. The van der Waals surface area contributed by atoms with Gasteiger partial charge >= 0.3 is 0 Å². The van der Waals surface area contributed by atoms with Gasteiger partial charge in [0.1, 0.15) is 0 Å². The molecule has 9 nitrogen and oxygen atoms in total. The SMILES string of the molecule is CC(=O)Nc1cccc(Nc2nncc(N3CCN(C(C)=O)CC3)n2)c1. The summed E-state index contributed by atoms with van der Waals surface area (Å²) in [5, 5.41) is 13.9. The fraction of sp³-hybridized carbons (Fsp3) is 0.353. The van der Waals surface area contributed by atoms with E-state index >= 15 is 0 Å². The van der Waals surface area contributed by atoms with E-state index in [2.05, 4.69) is 30.7 Å². The summed E-state index contributed by atoms with van der Waals surface area (Å²) in [5.74, 6) is 1.04. The molecule has 2 amide bonds. The number of carbonyl (C=O) groups excluding carboxylic acids is 2. The zero-order valence-corrected chi connectivity index (χ0v) is 14.8. The molecule has 0 saturated carbocycles. The van der Waals surface area contributed by atoms with Gasteiger partial charge in [-0.2, -0.15) is 10.1 Å². The molecule has 2 aromatic rings. The maximum atomic E-state index is 11.4. The third kappa shape index (κ3) is 4.44. The first-order valence-corrected chi connectivity index (χ1v) is 8.36. The molecular formula is C17H21N7O2. The predicted molar refractivity (Wildman–Crippen MR) is 98.3 cm³/mol. The van der Waals surface area contributed by atoms with Gasteiger partial charge in [-0.1, -0.05) is 6.07 Å². The van der Waals surface area contributed by atoms with Crippen LogP contribution in [-0.4, -0.2) is 58.1 Å². The van der Waals surface area contributed by atoms with Crippen LogP contribution in [0.5, 0.6) is 0 Å².